The Bertz CT molecular complexity index is 187. The van der Waals surface area contributed by atoms with E-state index in [0.717, 1.165) is 4.90 Å². The predicted molar refractivity (Wildman–Crippen MR) is 55.8 cm³/mol. The molecule has 0 radical (unpaired) electrons. The van der Waals surface area contributed by atoms with Crippen molar-refractivity contribution < 1.29 is 14.3 Å². The molecule has 0 bridgehead atoms. The fraction of sp³-hybridized carbons (Fsp3) is 0.714. The molecule has 0 fully saturated rings. The average Bonchev–Trinajstić information content (AvgIpc) is 2.15. The molecule has 0 aromatic heterocycles. The maximum absolute atomic E-state index is 11.2. The molecule has 0 N–H and O–H groups in total. The van der Waals surface area contributed by atoms with E-state index < -0.39 is 6.09 Å². The Hall–Kier alpha value is -0.360. The first-order valence-corrected chi connectivity index (χ1v) is 6.36. The van der Waals surface area contributed by atoms with Gasteiger partial charge in [0.1, 0.15) is 0 Å². The first-order chi connectivity index (χ1) is 6.13. The summed E-state index contributed by atoms with van der Waals surface area (Å²) in [5, 5.41) is 0. The Balaban J connectivity index is 3.76. The van der Waals surface area contributed by atoms with E-state index in [1.807, 2.05) is 6.26 Å². The smallest absolute Gasteiger partial charge is 0.415 e. The standard InChI is InChI=1S/C7H13NO3S2/c1-8(7(10)11-2)6(9)4-5-13-12-3/h4-5H2,1-3H3. The SMILES string of the molecule is COC(=O)N(C)C(=O)CCSSC. The van der Waals surface area contributed by atoms with Crippen LogP contribution in [-0.4, -0.2) is 43.1 Å². The maximum atomic E-state index is 11.2. The second kappa shape index (κ2) is 7.08. The van der Waals surface area contributed by atoms with Crippen LogP contribution in [0, 0.1) is 0 Å². The van der Waals surface area contributed by atoms with E-state index in [1.165, 1.54) is 14.2 Å². The number of imide groups is 1. The van der Waals surface area contributed by atoms with Crippen LogP contribution in [0.25, 0.3) is 0 Å². The van der Waals surface area contributed by atoms with Crippen molar-refractivity contribution in [2.24, 2.45) is 0 Å². The minimum Gasteiger partial charge on any atom is -0.452 e. The molecular formula is C7H13NO3S2. The first kappa shape index (κ1) is 12.6. The van der Waals surface area contributed by atoms with Gasteiger partial charge >= 0.3 is 6.09 Å². The Morgan fingerprint density at radius 2 is 2.08 bits per heavy atom. The van der Waals surface area contributed by atoms with Gasteiger partial charge in [-0.05, 0) is 6.26 Å². The molecule has 0 saturated heterocycles. The van der Waals surface area contributed by atoms with Crippen molar-refractivity contribution in [3.63, 3.8) is 0 Å². The van der Waals surface area contributed by atoms with Gasteiger partial charge in [0.2, 0.25) is 5.91 Å². The number of rotatable bonds is 4. The van der Waals surface area contributed by atoms with Gasteiger partial charge in [-0.25, -0.2) is 4.79 Å². The molecule has 13 heavy (non-hydrogen) atoms. The third kappa shape index (κ3) is 5.05. The van der Waals surface area contributed by atoms with Crippen molar-refractivity contribution in [3.8, 4) is 0 Å². The van der Waals surface area contributed by atoms with Crippen molar-refractivity contribution in [1.29, 1.82) is 0 Å². The summed E-state index contributed by atoms with van der Waals surface area (Å²) in [7, 11) is 5.86. The molecule has 76 valence electrons. The van der Waals surface area contributed by atoms with Crippen LogP contribution in [0.1, 0.15) is 6.42 Å². The Labute approximate surface area is 85.8 Å². The van der Waals surface area contributed by atoms with E-state index in [4.69, 9.17) is 0 Å². The predicted octanol–water partition coefficient (Wildman–Crippen LogP) is 1.61. The summed E-state index contributed by atoms with van der Waals surface area (Å²) < 4.78 is 4.39. The summed E-state index contributed by atoms with van der Waals surface area (Å²) in [4.78, 5) is 23.1. The highest BCUT2D eigenvalue weighted by molar-refractivity contribution is 8.76. The molecule has 0 aromatic rings. The topological polar surface area (TPSA) is 46.6 Å². The summed E-state index contributed by atoms with van der Waals surface area (Å²) in [6, 6.07) is 0. The molecule has 0 atom stereocenters. The zero-order chi connectivity index (χ0) is 10.3. The van der Waals surface area contributed by atoms with Gasteiger partial charge < -0.3 is 4.74 Å². The summed E-state index contributed by atoms with van der Waals surface area (Å²) in [6.45, 7) is 0. The second-order valence-corrected chi connectivity index (χ2v) is 4.85. The first-order valence-electron chi connectivity index (χ1n) is 3.63. The highest BCUT2D eigenvalue weighted by Crippen LogP contribution is 2.17. The second-order valence-electron chi connectivity index (χ2n) is 2.16. The maximum Gasteiger partial charge on any atom is 0.415 e. The van der Waals surface area contributed by atoms with Crippen molar-refractivity contribution >= 4 is 33.6 Å². The molecule has 0 spiro atoms. The molecule has 0 aliphatic rings. The Kier molecular flexibility index (Phi) is 6.89. The van der Waals surface area contributed by atoms with Gasteiger partial charge in [-0.2, -0.15) is 0 Å². The van der Waals surface area contributed by atoms with Crippen molar-refractivity contribution in [3.05, 3.63) is 0 Å². The van der Waals surface area contributed by atoms with E-state index in [-0.39, 0.29) is 5.91 Å². The molecule has 0 aliphatic heterocycles. The lowest BCUT2D eigenvalue weighted by atomic mass is 10.4. The number of nitrogens with zero attached hydrogens (tertiary/aromatic N) is 1. The van der Waals surface area contributed by atoms with Crippen LogP contribution in [-0.2, 0) is 9.53 Å². The zero-order valence-corrected chi connectivity index (χ0v) is 9.54. The number of hydrogen-bond acceptors (Lipinski definition) is 5. The van der Waals surface area contributed by atoms with Crippen molar-refractivity contribution in [1.82, 2.24) is 4.90 Å². The number of methoxy groups -OCH3 is 1. The van der Waals surface area contributed by atoms with Crippen LogP contribution in [0.5, 0.6) is 0 Å². The Morgan fingerprint density at radius 3 is 2.54 bits per heavy atom. The van der Waals surface area contributed by atoms with E-state index in [2.05, 4.69) is 4.74 Å². The van der Waals surface area contributed by atoms with Gasteiger partial charge in [-0.1, -0.05) is 21.6 Å². The molecule has 0 aliphatic carbocycles. The highest BCUT2D eigenvalue weighted by Gasteiger charge is 2.15. The van der Waals surface area contributed by atoms with Crippen LogP contribution in [0.2, 0.25) is 0 Å². The zero-order valence-electron chi connectivity index (χ0n) is 7.90. The summed E-state index contributed by atoms with van der Waals surface area (Å²) >= 11 is 0. The molecular weight excluding hydrogens is 210 g/mol. The summed E-state index contributed by atoms with van der Waals surface area (Å²) in [5.74, 6) is 0.495. The normalized spacial score (nSPS) is 9.46. The molecule has 2 amide bonds. The quantitative estimate of drug-likeness (QED) is 0.535. The van der Waals surface area contributed by atoms with Crippen molar-refractivity contribution in [2.45, 2.75) is 6.42 Å². The van der Waals surface area contributed by atoms with Crippen LogP contribution < -0.4 is 0 Å². The third-order valence-corrected chi connectivity index (χ3v) is 3.15. The Morgan fingerprint density at radius 1 is 1.46 bits per heavy atom. The molecule has 0 rings (SSSR count). The fourth-order valence-electron chi connectivity index (χ4n) is 0.619. The number of carbonyl (C=O) groups excluding carboxylic acids is 2. The van der Waals surface area contributed by atoms with Crippen LogP contribution in [0.15, 0.2) is 0 Å². The lowest BCUT2D eigenvalue weighted by Gasteiger charge is -2.12. The van der Waals surface area contributed by atoms with Gasteiger partial charge in [-0.3, -0.25) is 9.69 Å². The van der Waals surface area contributed by atoms with E-state index in [1.54, 1.807) is 21.6 Å². The van der Waals surface area contributed by atoms with E-state index >= 15 is 0 Å². The lowest BCUT2D eigenvalue weighted by molar-refractivity contribution is -0.127. The van der Waals surface area contributed by atoms with E-state index in [0.29, 0.717) is 12.2 Å². The minimum absolute atomic E-state index is 0.214. The number of carbonyl (C=O) groups is 2. The molecule has 0 heterocycles. The lowest BCUT2D eigenvalue weighted by Crippen LogP contribution is -2.33. The van der Waals surface area contributed by atoms with Gasteiger partial charge in [0.15, 0.2) is 0 Å². The summed E-state index contributed by atoms with van der Waals surface area (Å²) in [5.41, 5.74) is 0. The molecule has 0 saturated carbocycles. The number of ether oxygens (including phenoxy) is 1. The molecule has 6 heteroatoms. The number of amides is 2. The van der Waals surface area contributed by atoms with Gasteiger partial charge in [0.05, 0.1) is 7.11 Å². The fourth-order valence-corrected chi connectivity index (χ4v) is 1.79. The van der Waals surface area contributed by atoms with Crippen LogP contribution >= 0.6 is 21.6 Å². The van der Waals surface area contributed by atoms with Crippen molar-refractivity contribution in [2.75, 3.05) is 26.2 Å². The van der Waals surface area contributed by atoms with Gasteiger partial charge in [0.25, 0.3) is 0 Å². The van der Waals surface area contributed by atoms with Crippen LogP contribution in [0.4, 0.5) is 4.79 Å². The van der Waals surface area contributed by atoms with Crippen LogP contribution in [0.3, 0.4) is 0 Å². The largest absolute Gasteiger partial charge is 0.452 e. The van der Waals surface area contributed by atoms with Gasteiger partial charge in [0, 0.05) is 19.2 Å². The van der Waals surface area contributed by atoms with E-state index in [9.17, 15) is 9.59 Å². The monoisotopic (exact) mass is 223 g/mol. The minimum atomic E-state index is -0.612. The molecule has 0 unspecified atom stereocenters. The molecule has 0 aromatic carbocycles. The van der Waals surface area contributed by atoms with Gasteiger partial charge in [-0.15, -0.1) is 0 Å². The third-order valence-electron chi connectivity index (χ3n) is 1.34. The summed E-state index contributed by atoms with van der Waals surface area (Å²) in [6.07, 6.45) is 1.69. The number of hydrogen-bond donors (Lipinski definition) is 0. The highest BCUT2D eigenvalue weighted by atomic mass is 33.1. The molecule has 4 nitrogen and oxygen atoms in total. The average molecular weight is 223 g/mol.